The molecule has 9 nitrogen and oxygen atoms in total. The van der Waals surface area contributed by atoms with Crippen LogP contribution >= 0.6 is 0 Å². The van der Waals surface area contributed by atoms with Crippen LogP contribution in [0, 0.1) is 11.3 Å². The minimum Gasteiger partial charge on any atom is -0.478 e. The van der Waals surface area contributed by atoms with E-state index in [0.29, 0.717) is 24.9 Å². The lowest BCUT2D eigenvalue weighted by molar-refractivity contribution is -0.161. The van der Waals surface area contributed by atoms with Gasteiger partial charge in [-0.1, -0.05) is 30.3 Å². The Balaban J connectivity index is 0.988. The van der Waals surface area contributed by atoms with E-state index in [-0.39, 0.29) is 23.1 Å². The van der Waals surface area contributed by atoms with Crippen LogP contribution < -0.4 is 15.0 Å². The third-order valence-electron chi connectivity index (χ3n) is 9.59. The van der Waals surface area contributed by atoms with Gasteiger partial charge < -0.3 is 24.8 Å². The molecule has 0 unspecified atom stereocenters. The molecule has 2 N–H and O–H groups in total. The van der Waals surface area contributed by atoms with E-state index in [1.54, 1.807) is 0 Å². The second-order valence-corrected chi connectivity index (χ2v) is 13.5. The van der Waals surface area contributed by atoms with Gasteiger partial charge >= 0.3 is 0 Å². The number of hydrogen-bond acceptors (Lipinski definition) is 6. The van der Waals surface area contributed by atoms with Crippen molar-refractivity contribution < 1.29 is 14.3 Å². The lowest BCUT2D eigenvalue weighted by atomic mass is 9.74. The van der Waals surface area contributed by atoms with Gasteiger partial charge in [0.2, 0.25) is 5.91 Å². The van der Waals surface area contributed by atoms with E-state index < -0.39 is 5.60 Å². The first kappa shape index (κ1) is 28.0. The fourth-order valence-electron chi connectivity index (χ4n) is 6.90. The molecule has 3 saturated heterocycles. The van der Waals surface area contributed by atoms with Crippen LogP contribution in [0.5, 0.6) is 5.75 Å². The maximum atomic E-state index is 13.9. The van der Waals surface area contributed by atoms with Crippen LogP contribution in [0.2, 0.25) is 0 Å². The summed E-state index contributed by atoms with van der Waals surface area (Å²) in [5.74, 6) is 0.944. The van der Waals surface area contributed by atoms with Crippen LogP contribution in [0.4, 0.5) is 5.69 Å². The van der Waals surface area contributed by atoms with Crippen molar-refractivity contribution in [3.05, 3.63) is 66.5 Å². The summed E-state index contributed by atoms with van der Waals surface area (Å²) in [6, 6.07) is 16.8. The molecule has 226 valence electrons. The van der Waals surface area contributed by atoms with E-state index in [9.17, 15) is 9.59 Å². The molecule has 4 aliphatic rings. The number of anilines is 1. The zero-order valence-electron chi connectivity index (χ0n) is 25.2. The van der Waals surface area contributed by atoms with Gasteiger partial charge in [0, 0.05) is 80.8 Å². The number of likely N-dealkylation sites (tertiary alicyclic amines) is 1. The second-order valence-electron chi connectivity index (χ2n) is 13.5. The summed E-state index contributed by atoms with van der Waals surface area (Å²) in [4.78, 5) is 33.5. The molecule has 3 aromatic rings. The Kier molecular flexibility index (Phi) is 7.16. The van der Waals surface area contributed by atoms with E-state index in [1.165, 1.54) is 0 Å². The van der Waals surface area contributed by atoms with Gasteiger partial charge in [0.15, 0.2) is 5.60 Å². The highest BCUT2D eigenvalue weighted by molar-refractivity contribution is 5.86. The number of hydrogen-bond donors (Lipinski definition) is 2. The van der Waals surface area contributed by atoms with Crippen molar-refractivity contribution in [1.29, 1.82) is 0 Å². The lowest BCUT2D eigenvalue weighted by Crippen LogP contribution is -2.73. The maximum Gasteiger partial charge on any atom is 0.266 e. The molecule has 4 fully saturated rings. The summed E-state index contributed by atoms with van der Waals surface area (Å²) in [7, 11) is 0. The number of ether oxygens (including phenoxy) is 1. The zero-order chi connectivity index (χ0) is 29.6. The molecule has 3 aliphatic heterocycles. The number of carbonyl (C=O) groups is 2. The normalized spacial score (nSPS) is 21.2. The average Bonchev–Trinajstić information content (AvgIpc) is 3.66. The molecular formula is C34H42N6O3. The number of benzene rings is 2. The highest BCUT2D eigenvalue weighted by Gasteiger charge is 2.52. The smallest absolute Gasteiger partial charge is 0.266 e. The lowest BCUT2D eigenvalue weighted by Gasteiger charge is -2.57. The molecular weight excluding hydrogens is 540 g/mol. The molecule has 1 aliphatic carbocycles. The quantitative estimate of drug-likeness (QED) is 0.395. The van der Waals surface area contributed by atoms with Crippen molar-refractivity contribution >= 4 is 17.5 Å². The number of aromatic nitrogens is 2. The van der Waals surface area contributed by atoms with Crippen LogP contribution in [0.1, 0.15) is 45.1 Å². The van der Waals surface area contributed by atoms with Gasteiger partial charge in [-0.3, -0.25) is 14.7 Å². The van der Waals surface area contributed by atoms with Crippen molar-refractivity contribution in [2.75, 3.05) is 44.2 Å². The Morgan fingerprint density at radius 3 is 2.53 bits per heavy atom. The highest BCUT2D eigenvalue weighted by Crippen LogP contribution is 2.37. The standard InChI is InChI=1S/C34H42N6O3/c1-33(2,32(42)39-22-34(23-39)20-35-21-34)43-30-7-3-6-29(15-30)38-14-4-5-26(19-38)31(41)40(28-12-13-28)18-24-8-10-25(11-9-24)27-16-36-37-17-27/h3,6-11,15-17,26,28,35H,4-5,12-14,18-23H2,1-2H3,(H,36,37)/t26-/m1/s1. The molecule has 2 amide bonds. The highest BCUT2D eigenvalue weighted by atomic mass is 16.5. The summed E-state index contributed by atoms with van der Waals surface area (Å²) in [5, 5.41) is 10.2. The Morgan fingerprint density at radius 1 is 1.07 bits per heavy atom. The average molecular weight is 583 g/mol. The third kappa shape index (κ3) is 5.75. The fourth-order valence-corrected chi connectivity index (χ4v) is 6.90. The number of carbonyl (C=O) groups excluding carboxylic acids is 2. The largest absolute Gasteiger partial charge is 0.478 e. The number of nitrogens with one attached hydrogen (secondary N) is 2. The monoisotopic (exact) mass is 582 g/mol. The molecule has 43 heavy (non-hydrogen) atoms. The molecule has 4 heterocycles. The van der Waals surface area contributed by atoms with Gasteiger partial charge in [-0.05, 0) is 62.8 Å². The number of aromatic amines is 1. The van der Waals surface area contributed by atoms with Gasteiger partial charge in [-0.15, -0.1) is 0 Å². The molecule has 0 bridgehead atoms. The summed E-state index contributed by atoms with van der Waals surface area (Å²) in [6.45, 7) is 9.57. The first-order valence-corrected chi connectivity index (χ1v) is 15.7. The van der Waals surface area contributed by atoms with Gasteiger partial charge in [0.05, 0.1) is 12.1 Å². The van der Waals surface area contributed by atoms with Crippen molar-refractivity contribution in [1.82, 2.24) is 25.3 Å². The molecule has 0 radical (unpaired) electrons. The maximum absolute atomic E-state index is 13.9. The van der Waals surface area contributed by atoms with Crippen LogP contribution in [-0.2, 0) is 16.1 Å². The number of amides is 2. The van der Waals surface area contributed by atoms with Gasteiger partial charge in [-0.25, -0.2) is 0 Å². The Morgan fingerprint density at radius 2 is 1.86 bits per heavy atom. The van der Waals surface area contributed by atoms with Gasteiger partial charge in [-0.2, -0.15) is 5.10 Å². The van der Waals surface area contributed by atoms with Crippen LogP contribution in [-0.4, -0.2) is 82.7 Å². The van der Waals surface area contributed by atoms with E-state index in [4.69, 9.17) is 4.74 Å². The van der Waals surface area contributed by atoms with E-state index in [0.717, 1.165) is 80.8 Å². The summed E-state index contributed by atoms with van der Waals surface area (Å²) in [6.07, 6.45) is 7.75. The predicted molar refractivity (Wildman–Crippen MR) is 166 cm³/mol. The van der Waals surface area contributed by atoms with Crippen molar-refractivity contribution in [2.24, 2.45) is 11.3 Å². The molecule has 1 aromatic heterocycles. The molecule has 1 atom stereocenters. The zero-order valence-corrected chi connectivity index (χ0v) is 25.2. The molecule has 1 spiro atoms. The second kappa shape index (κ2) is 11.0. The number of rotatable bonds is 9. The van der Waals surface area contributed by atoms with E-state index >= 15 is 0 Å². The minimum atomic E-state index is -0.945. The number of nitrogens with zero attached hydrogens (tertiary/aromatic N) is 4. The molecule has 7 rings (SSSR count). The minimum absolute atomic E-state index is 0.0374. The van der Waals surface area contributed by atoms with Crippen molar-refractivity contribution in [3.63, 3.8) is 0 Å². The first-order valence-electron chi connectivity index (χ1n) is 15.7. The fraction of sp³-hybridized carbons (Fsp3) is 0.500. The third-order valence-corrected chi connectivity index (χ3v) is 9.59. The molecule has 1 saturated carbocycles. The summed E-state index contributed by atoms with van der Waals surface area (Å²) < 4.78 is 6.31. The van der Waals surface area contributed by atoms with Gasteiger partial charge in [0.1, 0.15) is 5.75 Å². The SMILES string of the molecule is CC(C)(Oc1cccc(N2CCC[C@@H](C(=O)N(Cc3ccc(-c4cn[nH]c4)cc3)C3CC3)C2)c1)C(=O)N1CC2(CNC2)C1. The summed E-state index contributed by atoms with van der Waals surface area (Å²) >= 11 is 0. The van der Waals surface area contributed by atoms with E-state index in [1.807, 2.05) is 49.3 Å². The first-order chi connectivity index (χ1) is 20.8. The van der Waals surface area contributed by atoms with Crippen LogP contribution in [0.15, 0.2) is 60.9 Å². The molecule has 2 aromatic carbocycles. The van der Waals surface area contributed by atoms with Crippen LogP contribution in [0.3, 0.4) is 0 Å². The number of H-pyrrole nitrogens is 1. The van der Waals surface area contributed by atoms with E-state index in [2.05, 4.69) is 55.6 Å². The van der Waals surface area contributed by atoms with Crippen molar-refractivity contribution in [3.8, 4) is 16.9 Å². The topological polar surface area (TPSA) is 93.8 Å². The van der Waals surface area contributed by atoms with Crippen molar-refractivity contribution in [2.45, 2.75) is 57.7 Å². The summed E-state index contributed by atoms with van der Waals surface area (Å²) in [5.41, 5.74) is 3.70. The Labute approximate surface area is 253 Å². The Bertz CT molecular complexity index is 1450. The Hall–Kier alpha value is -3.85. The molecule has 9 heteroatoms. The predicted octanol–water partition coefficient (Wildman–Crippen LogP) is 4.07. The van der Waals surface area contributed by atoms with Crippen LogP contribution in [0.25, 0.3) is 11.1 Å². The number of piperidine rings is 1. The van der Waals surface area contributed by atoms with Gasteiger partial charge in [0.25, 0.3) is 5.91 Å².